The average molecular weight is 294 g/mol. The Morgan fingerprint density at radius 2 is 1.73 bits per heavy atom. The van der Waals surface area contributed by atoms with Crippen LogP contribution in [0.5, 0.6) is 0 Å². The van der Waals surface area contributed by atoms with Gasteiger partial charge in [0.2, 0.25) is 5.76 Å². The molecule has 0 aliphatic rings. The number of furan rings is 1. The van der Waals surface area contributed by atoms with Crippen molar-refractivity contribution >= 4 is 16.9 Å². The molecular formula is C19H18O3. The van der Waals surface area contributed by atoms with Gasteiger partial charge in [-0.1, -0.05) is 50.2 Å². The van der Waals surface area contributed by atoms with Gasteiger partial charge in [0, 0.05) is 5.39 Å². The van der Waals surface area contributed by atoms with Crippen molar-refractivity contribution in [3.63, 3.8) is 0 Å². The molecule has 3 heteroatoms. The van der Waals surface area contributed by atoms with Crippen molar-refractivity contribution in [3.8, 4) is 11.1 Å². The number of hydrogen-bond acceptors (Lipinski definition) is 2. The van der Waals surface area contributed by atoms with Crippen molar-refractivity contribution in [2.45, 2.75) is 20.3 Å². The minimum Gasteiger partial charge on any atom is -0.475 e. The second-order valence-electron chi connectivity index (χ2n) is 5.96. The topological polar surface area (TPSA) is 50.4 Å². The first-order chi connectivity index (χ1) is 10.5. The zero-order valence-electron chi connectivity index (χ0n) is 12.7. The van der Waals surface area contributed by atoms with Gasteiger partial charge in [0.05, 0.1) is 0 Å². The highest BCUT2D eigenvalue weighted by Crippen LogP contribution is 2.27. The average Bonchev–Trinajstić information content (AvgIpc) is 2.90. The van der Waals surface area contributed by atoms with Crippen molar-refractivity contribution in [1.29, 1.82) is 0 Å². The van der Waals surface area contributed by atoms with Gasteiger partial charge in [0.15, 0.2) is 0 Å². The van der Waals surface area contributed by atoms with E-state index in [0.29, 0.717) is 11.5 Å². The summed E-state index contributed by atoms with van der Waals surface area (Å²) in [6.45, 7) is 4.41. The molecule has 3 rings (SSSR count). The summed E-state index contributed by atoms with van der Waals surface area (Å²) in [5.74, 6) is -0.435. The highest BCUT2D eigenvalue weighted by Gasteiger charge is 2.11. The fraction of sp³-hybridized carbons (Fsp3) is 0.211. The maximum Gasteiger partial charge on any atom is 0.371 e. The minimum atomic E-state index is -1.05. The van der Waals surface area contributed by atoms with E-state index >= 15 is 0 Å². The van der Waals surface area contributed by atoms with E-state index in [1.165, 1.54) is 5.56 Å². The van der Waals surface area contributed by atoms with Gasteiger partial charge in [-0.15, -0.1) is 0 Å². The number of carbonyl (C=O) groups is 1. The molecule has 0 bridgehead atoms. The van der Waals surface area contributed by atoms with Crippen molar-refractivity contribution in [2.75, 3.05) is 0 Å². The van der Waals surface area contributed by atoms with E-state index in [2.05, 4.69) is 38.1 Å². The maximum atomic E-state index is 11.0. The van der Waals surface area contributed by atoms with Crippen LogP contribution in [0.2, 0.25) is 0 Å². The van der Waals surface area contributed by atoms with Crippen LogP contribution in [0.25, 0.3) is 22.1 Å². The predicted molar refractivity (Wildman–Crippen MR) is 87.2 cm³/mol. The zero-order chi connectivity index (χ0) is 15.7. The molecule has 112 valence electrons. The van der Waals surface area contributed by atoms with E-state index in [4.69, 9.17) is 9.52 Å². The Hall–Kier alpha value is -2.55. The molecule has 0 aliphatic heterocycles. The number of hydrogen-bond donors (Lipinski definition) is 1. The maximum absolute atomic E-state index is 11.0. The molecule has 0 radical (unpaired) electrons. The lowest BCUT2D eigenvalue weighted by Gasteiger charge is -2.06. The largest absolute Gasteiger partial charge is 0.475 e. The van der Waals surface area contributed by atoms with E-state index < -0.39 is 5.97 Å². The zero-order valence-corrected chi connectivity index (χ0v) is 12.7. The molecule has 2 aromatic carbocycles. The standard InChI is InChI=1S/C19H18O3/c1-12(2)9-13-3-5-14(6-4-13)15-7-8-16-11-18(19(20)21)22-17(16)10-15/h3-8,10-12H,9H2,1-2H3,(H,20,21). The fourth-order valence-corrected chi connectivity index (χ4v) is 2.62. The van der Waals surface area contributed by atoms with Crippen LogP contribution in [0.4, 0.5) is 0 Å². The molecule has 0 saturated carbocycles. The molecule has 3 aromatic rings. The first-order valence-corrected chi connectivity index (χ1v) is 7.39. The van der Waals surface area contributed by atoms with Crippen LogP contribution in [0, 0.1) is 5.92 Å². The molecule has 0 amide bonds. The van der Waals surface area contributed by atoms with Crippen molar-refractivity contribution < 1.29 is 14.3 Å². The number of benzene rings is 2. The second-order valence-corrected chi connectivity index (χ2v) is 5.96. The van der Waals surface area contributed by atoms with E-state index in [0.717, 1.165) is 22.9 Å². The molecule has 1 heterocycles. The fourth-order valence-electron chi connectivity index (χ4n) is 2.62. The smallest absolute Gasteiger partial charge is 0.371 e. The van der Waals surface area contributed by atoms with Crippen molar-refractivity contribution in [2.24, 2.45) is 5.92 Å². The predicted octanol–water partition coefficient (Wildman–Crippen LogP) is 5.00. The Labute approximate surface area is 129 Å². The molecule has 0 saturated heterocycles. The van der Waals surface area contributed by atoms with E-state index in [1.807, 2.05) is 18.2 Å². The van der Waals surface area contributed by atoms with Gasteiger partial charge in [0.1, 0.15) is 5.58 Å². The summed E-state index contributed by atoms with van der Waals surface area (Å²) >= 11 is 0. The molecule has 1 N–H and O–H groups in total. The summed E-state index contributed by atoms with van der Waals surface area (Å²) < 4.78 is 5.37. The van der Waals surface area contributed by atoms with Gasteiger partial charge >= 0.3 is 5.97 Å². The van der Waals surface area contributed by atoms with Crippen LogP contribution in [0.15, 0.2) is 52.9 Å². The van der Waals surface area contributed by atoms with Crippen LogP contribution in [-0.4, -0.2) is 11.1 Å². The minimum absolute atomic E-state index is 0.0283. The van der Waals surface area contributed by atoms with Crippen molar-refractivity contribution in [3.05, 3.63) is 59.9 Å². The number of carboxylic acid groups (broad SMARTS) is 1. The molecule has 3 nitrogen and oxygen atoms in total. The number of carboxylic acids is 1. The SMILES string of the molecule is CC(C)Cc1ccc(-c2ccc3cc(C(=O)O)oc3c2)cc1. The summed E-state index contributed by atoms with van der Waals surface area (Å²) in [6, 6.07) is 15.8. The van der Waals surface area contributed by atoms with Crippen molar-refractivity contribution in [1.82, 2.24) is 0 Å². The Kier molecular flexibility index (Phi) is 3.72. The van der Waals surface area contributed by atoms with Crippen LogP contribution >= 0.6 is 0 Å². The monoisotopic (exact) mass is 294 g/mol. The van der Waals surface area contributed by atoms with Crippen LogP contribution in [0.3, 0.4) is 0 Å². The first-order valence-electron chi connectivity index (χ1n) is 7.39. The summed E-state index contributed by atoms with van der Waals surface area (Å²) in [6.07, 6.45) is 1.07. The van der Waals surface area contributed by atoms with Crippen LogP contribution in [0.1, 0.15) is 30.0 Å². The van der Waals surface area contributed by atoms with Crippen LogP contribution in [-0.2, 0) is 6.42 Å². The van der Waals surface area contributed by atoms with Gasteiger partial charge < -0.3 is 9.52 Å². The third-order valence-corrected chi connectivity index (χ3v) is 3.66. The normalized spacial score (nSPS) is 11.2. The molecular weight excluding hydrogens is 276 g/mol. The Morgan fingerprint density at radius 1 is 1.05 bits per heavy atom. The lowest BCUT2D eigenvalue weighted by Crippen LogP contribution is -1.93. The third-order valence-electron chi connectivity index (χ3n) is 3.66. The van der Waals surface area contributed by atoms with Gasteiger partial charge in [-0.25, -0.2) is 4.79 Å². The first kappa shape index (κ1) is 14.4. The highest BCUT2D eigenvalue weighted by atomic mass is 16.4. The molecule has 22 heavy (non-hydrogen) atoms. The van der Waals surface area contributed by atoms with Gasteiger partial charge in [0.25, 0.3) is 0 Å². The summed E-state index contributed by atoms with van der Waals surface area (Å²) in [4.78, 5) is 11.0. The highest BCUT2D eigenvalue weighted by molar-refractivity contribution is 5.92. The molecule has 0 atom stereocenters. The molecule has 0 spiro atoms. The summed E-state index contributed by atoms with van der Waals surface area (Å²) in [5.41, 5.74) is 4.05. The van der Waals surface area contributed by atoms with E-state index in [1.54, 1.807) is 6.07 Å². The Bertz CT molecular complexity index is 810. The lowest BCUT2D eigenvalue weighted by molar-refractivity contribution is 0.0665. The molecule has 0 aliphatic carbocycles. The molecule has 0 fully saturated rings. The molecule has 1 aromatic heterocycles. The number of aromatic carboxylic acids is 1. The van der Waals surface area contributed by atoms with E-state index in [9.17, 15) is 4.79 Å². The summed E-state index contributed by atoms with van der Waals surface area (Å²) in [5, 5.41) is 9.78. The van der Waals surface area contributed by atoms with Gasteiger partial charge in [-0.05, 0) is 41.2 Å². The van der Waals surface area contributed by atoms with Gasteiger partial charge in [-0.2, -0.15) is 0 Å². The Balaban J connectivity index is 1.94. The third kappa shape index (κ3) is 2.89. The number of fused-ring (bicyclic) bond motifs is 1. The molecule has 0 unspecified atom stereocenters. The van der Waals surface area contributed by atoms with E-state index in [-0.39, 0.29) is 5.76 Å². The van der Waals surface area contributed by atoms with Gasteiger partial charge in [-0.3, -0.25) is 0 Å². The quantitative estimate of drug-likeness (QED) is 0.737. The summed E-state index contributed by atoms with van der Waals surface area (Å²) in [7, 11) is 0. The number of rotatable bonds is 4. The lowest BCUT2D eigenvalue weighted by atomic mass is 9.99. The second kappa shape index (κ2) is 5.68. The van der Waals surface area contributed by atoms with Crippen LogP contribution < -0.4 is 0 Å². The Morgan fingerprint density at radius 3 is 2.36 bits per heavy atom.